The van der Waals surface area contributed by atoms with Crippen LogP contribution in [0.15, 0.2) is 51.1 Å². The van der Waals surface area contributed by atoms with Gasteiger partial charge in [0.1, 0.15) is 0 Å². The smallest absolute Gasteiger partial charge is 0.328 e. The first-order valence-electron chi connectivity index (χ1n) is 10.6. The van der Waals surface area contributed by atoms with Crippen LogP contribution in [-0.4, -0.2) is 61.2 Å². The lowest BCUT2D eigenvalue weighted by Gasteiger charge is -2.34. The van der Waals surface area contributed by atoms with Gasteiger partial charge in [0.2, 0.25) is 17.6 Å². The molecule has 0 unspecified atom stereocenters. The largest absolute Gasteiger partial charge is 0.340 e. The number of hydrogen-bond donors (Lipinski definition) is 0. The molecule has 0 atom stereocenters. The number of carbonyl (C=O) groups is 1. The van der Waals surface area contributed by atoms with Gasteiger partial charge in [0, 0.05) is 46.2 Å². The normalized spacial score (nSPS) is 15.0. The van der Waals surface area contributed by atoms with Crippen molar-refractivity contribution in [1.29, 1.82) is 0 Å². The van der Waals surface area contributed by atoms with E-state index in [1.165, 1.54) is 0 Å². The number of benzene rings is 1. The number of fused-ring (bicyclic) bond motifs is 1. The average Bonchev–Trinajstić information content (AvgIpc) is 3.55. The second-order valence-corrected chi connectivity index (χ2v) is 8.83. The molecule has 0 aliphatic carbocycles. The molecule has 0 radical (unpaired) electrons. The van der Waals surface area contributed by atoms with Gasteiger partial charge in [-0.3, -0.25) is 18.8 Å². The highest BCUT2D eigenvalue weighted by atomic mass is 32.1. The lowest BCUT2D eigenvalue weighted by molar-refractivity contribution is -0.133. The number of amides is 1. The highest BCUT2D eigenvalue weighted by molar-refractivity contribution is 7.13. The summed E-state index contributed by atoms with van der Waals surface area (Å²) in [5, 5.41) is 6.04. The Hall–Kier alpha value is -3.24. The van der Waals surface area contributed by atoms with E-state index in [1.807, 2.05) is 46.7 Å². The van der Waals surface area contributed by atoms with Crippen molar-refractivity contribution in [3.63, 3.8) is 0 Å². The molecule has 4 heterocycles. The zero-order chi connectivity index (χ0) is 22.1. The van der Waals surface area contributed by atoms with Gasteiger partial charge in [0.15, 0.2) is 0 Å². The van der Waals surface area contributed by atoms with Crippen molar-refractivity contribution in [2.24, 2.45) is 7.05 Å². The first kappa shape index (κ1) is 20.7. The number of hydrogen-bond acceptors (Lipinski definition) is 7. The molecule has 1 aliphatic heterocycles. The van der Waals surface area contributed by atoms with E-state index in [0.717, 1.165) is 29.0 Å². The maximum Gasteiger partial charge on any atom is 0.328 e. The van der Waals surface area contributed by atoms with Crippen molar-refractivity contribution < 1.29 is 9.32 Å². The summed E-state index contributed by atoms with van der Waals surface area (Å²) in [5.74, 6) is 1.28. The molecular formula is C22H24N6O3S. The molecule has 166 valence electrons. The number of aromatic nitrogens is 4. The molecule has 10 heteroatoms. The minimum Gasteiger partial charge on any atom is -0.340 e. The van der Waals surface area contributed by atoms with E-state index < -0.39 is 0 Å². The van der Waals surface area contributed by atoms with E-state index in [-0.39, 0.29) is 11.6 Å². The Balaban J connectivity index is 1.14. The molecule has 32 heavy (non-hydrogen) atoms. The van der Waals surface area contributed by atoms with Gasteiger partial charge >= 0.3 is 5.69 Å². The Morgan fingerprint density at radius 2 is 1.88 bits per heavy atom. The molecule has 0 bridgehead atoms. The van der Waals surface area contributed by atoms with Crippen LogP contribution in [0.2, 0.25) is 0 Å². The molecule has 3 aromatic heterocycles. The van der Waals surface area contributed by atoms with Crippen LogP contribution in [0.25, 0.3) is 21.7 Å². The molecule has 5 rings (SSSR count). The van der Waals surface area contributed by atoms with Gasteiger partial charge in [-0.25, -0.2) is 4.79 Å². The number of rotatable bonds is 6. The number of aryl methyl sites for hydroxylation is 2. The number of nitrogens with zero attached hydrogens (tertiary/aromatic N) is 6. The van der Waals surface area contributed by atoms with Crippen molar-refractivity contribution in [2.75, 3.05) is 26.2 Å². The molecule has 1 fully saturated rings. The number of carbonyl (C=O) groups excluding carboxylic acids is 1. The average molecular weight is 453 g/mol. The summed E-state index contributed by atoms with van der Waals surface area (Å²) in [5.41, 5.74) is 1.64. The first-order chi connectivity index (χ1) is 15.6. The quantitative estimate of drug-likeness (QED) is 0.446. The third-order valence-electron chi connectivity index (χ3n) is 5.89. The van der Waals surface area contributed by atoms with Crippen molar-refractivity contribution in [2.45, 2.75) is 19.5 Å². The number of thiophene rings is 1. The Bertz CT molecular complexity index is 1280. The SMILES string of the molecule is Cn1c(=O)n(CCC(=O)N2CCN(Cc3nc(-c4cccs4)no3)CC2)c2ccccc21. The van der Waals surface area contributed by atoms with Crippen LogP contribution in [-0.2, 0) is 24.9 Å². The molecule has 0 N–H and O–H groups in total. The van der Waals surface area contributed by atoms with Crippen molar-refractivity contribution in [1.82, 2.24) is 29.1 Å². The highest BCUT2D eigenvalue weighted by Crippen LogP contribution is 2.22. The summed E-state index contributed by atoms with van der Waals surface area (Å²) in [7, 11) is 1.76. The van der Waals surface area contributed by atoms with E-state index in [9.17, 15) is 9.59 Å². The molecule has 1 saturated heterocycles. The summed E-state index contributed by atoms with van der Waals surface area (Å²) in [6.45, 7) is 3.75. The fourth-order valence-corrected chi connectivity index (χ4v) is 4.77. The fraction of sp³-hybridized carbons (Fsp3) is 0.364. The van der Waals surface area contributed by atoms with E-state index in [4.69, 9.17) is 4.52 Å². The predicted octanol–water partition coefficient (Wildman–Crippen LogP) is 2.19. The minimum absolute atomic E-state index is 0.0715. The Labute approximate surface area is 188 Å². The predicted molar refractivity (Wildman–Crippen MR) is 121 cm³/mol. The molecular weight excluding hydrogens is 428 g/mol. The Morgan fingerprint density at radius 3 is 2.62 bits per heavy atom. The number of para-hydroxylation sites is 2. The second-order valence-electron chi connectivity index (χ2n) is 7.88. The van der Waals surface area contributed by atoms with Crippen LogP contribution >= 0.6 is 11.3 Å². The third-order valence-corrected chi connectivity index (χ3v) is 6.76. The molecule has 0 spiro atoms. The number of piperazine rings is 1. The summed E-state index contributed by atoms with van der Waals surface area (Å²) < 4.78 is 8.70. The third kappa shape index (κ3) is 3.98. The van der Waals surface area contributed by atoms with Crippen LogP contribution in [0.5, 0.6) is 0 Å². The Kier molecular flexibility index (Phi) is 5.62. The second kappa shape index (κ2) is 8.71. The lowest BCUT2D eigenvalue weighted by atomic mass is 10.2. The van der Waals surface area contributed by atoms with Crippen LogP contribution in [0.1, 0.15) is 12.3 Å². The topological polar surface area (TPSA) is 89.4 Å². The van der Waals surface area contributed by atoms with Gasteiger partial charge < -0.3 is 9.42 Å². The summed E-state index contributed by atoms with van der Waals surface area (Å²) in [6, 6.07) is 11.6. The number of imidazole rings is 1. The Morgan fingerprint density at radius 1 is 1.09 bits per heavy atom. The van der Waals surface area contributed by atoms with E-state index >= 15 is 0 Å². The minimum atomic E-state index is -0.0923. The molecule has 1 aromatic carbocycles. The van der Waals surface area contributed by atoms with Crippen molar-refractivity contribution in [3.05, 3.63) is 58.2 Å². The van der Waals surface area contributed by atoms with Gasteiger partial charge in [-0.05, 0) is 23.6 Å². The standard InChI is InChI=1S/C22H24N6O3S/c1-25-16-5-2-3-6-17(16)28(22(25)30)9-8-20(29)27-12-10-26(11-13-27)15-19-23-21(24-31-19)18-7-4-14-32-18/h2-7,14H,8-13,15H2,1H3. The zero-order valence-electron chi connectivity index (χ0n) is 17.8. The van der Waals surface area contributed by atoms with E-state index in [1.54, 1.807) is 27.5 Å². The maximum absolute atomic E-state index is 12.8. The first-order valence-corrected chi connectivity index (χ1v) is 11.5. The molecule has 9 nitrogen and oxygen atoms in total. The van der Waals surface area contributed by atoms with Crippen LogP contribution in [0.3, 0.4) is 0 Å². The summed E-state index contributed by atoms with van der Waals surface area (Å²) >= 11 is 1.58. The van der Waals surface area contributed by atoms with E-state index in [0.29, 0.717) is 44.3 Å². The van der Waals surface area contributed by atoms with Gasteiger partial charge in [0.05, 0.1) is 22.5 Å². The van der Waals surface area contributed by atoms with Crippen LogP contribution in [0.4, 0.5) is 0 Å². The van der Waals surface area contributed by atoms with Gasteiger partial charge in [0.25, 0.3) is 0 Å². The maximum atomic E-state index is 12.8. The van der Waals surface area contributed by atoms with Crippen molar-refractivity contribution >= 4 is 28.3 Å². The fourth-order valence-electron chi connectivity index (χ4n) is 4.12. The molecule has 1 amide bonds. The monoisotopic (exact) mass is 452 g/mol. The van der Waals surface area contributed by atoms with Crippen molar-refractivity contribution in [3.8, 4) is 10.7 Å². The highest BCUT2D eigenvalue weighted by Gasteiger charge is 2.23. The van der Waals surface area contributed by atoms with Gasteiger partial charge in [-0.2, -0.15) is 4.98 Å². The lowest BCUT2D eigenvalue weighted by Crippen LogP contribution is -2.48. The molecule has 0 saturated carbocycles. The van der Waals surface area contributed by atoms with Gasteiger partial charge in [-0.1, -0.05) is 23.4 Å². The van der Waals surface area contributed by atoms with Crippen LogP contribution in [0, 0.1) is 0 Å². The molecule has 4 aromatic rings. The zero-order valence-corrected chi connectivity index (χ0v) is 18.6. The summed E-state index contributed by atoms with van der Waals surface area (Å²) in [6.07, 6.45) is 0.307. The molecule has 1 aliphatic rings. The van der Waals surface area contributed by atoms with E-state index in [2.05, 4.69) is 15.0 Å². The van der Waals surface area contributed by atoms with Gasteiger partial charge in [-0.15, -0.1) is 11.3 Å². The summed E-state index contributed by atoms with van der Waals surface area (Å²) in [4.78, 5) is 34.9. The van der Waals surface area contributed by atoms with Crippen LogP contribution < -0.4 is 5.69 Å².